The van der Waals surface area contributed by atoms with Crippen LogP contribution < -0.4 is 0 Å². The SMILES string of the molecule is CCN(CC)C(=O)C1CCN(C(=O)c2ccc(I)c(O)c2)CC1. The highest BCUT2D eigenvalue weighted by Gasteiger charge is 2.29. The first-order valence-corrected chi connectivity index (χ1v) is 9.12. The molecular formula is C17H23IN2O3. The van der Waals surface area contributed by atoms with Crippen molar-refractivity contribution in [3.05, 3.63) is 27.3 Å². The van der Waals surface area contributed by atoms with Crippen molar-refractivity contribution in [2.75, 3.05) is 26.2 Å². The summed E-state index contributed by atoms with van der Waals surface area (Å²) in [5.41, 5.74) is 0.497. The zero-order chi connectivity index (χ0) is 17.0. The Kier molecular flexibility index (Phi) is 6.26. The van der Waals surface area contributed by atoms with Gasteiger partial charge in [0.1, 0.15) is 5.75 Å². The number of amides is 2. The fourth-order valence-corrected chi connectivity index (χ4v) is 3.29. The smallest absolute Gasteiger partial charge is 0.253 e. The number of carbonyl (C=O) groups excluding carboxylic acids is 2. The van der Waals surface area contributed by atoms with E-state index in [1.807, 2.05) is 41.3 Å². The average Bonchev–Trinajstić information content (AvgIpc) is 2.58. The van der Waals surface area contributed by atoms with Crippen molar-refractivity contribution in [2.45, 2.75) is 26.7 Å². The van der Waals surface area contributed by atoms with E-state index in [1.165, 1.54) is 6.07 Å². The minimum atomic E-state index is -0.0783. The van der Waals surface area contributed by atoms with Crippen molar-refractivity contribution < 1.29 is 14.7 Å². The van der Waals surface area contributed by atoms with Gasteiger partial charge in [-0.15, -0.1) is 0 Å². The molecule has 1 fully saturated rings. The molecule has 1 aliphatic rings. The third kappa shape index (κ3) is 4.16. The Morgan fingerprint density at radius 2 is 1.87 bits per heavy atom. The molecule has 126 valence electrons. The summed E-state index contributed by atoms with van der Waals surface area (Å²) >= 11 is 2.02. The van der Waals surface area contributed by atoms with E-state index in [2.05, 4.69) is 0 Å². The summed E-state index contributed by atoms with van der Waals surface area (Å²) in [4.78, 5) is 28.5. The molecule has 5 nitrogen and oxygen atoms in total. The van der Waals surface area contributed by atoms with E-state index in [-0.39, 0.29) is 23.5 Å². The van der Waals surface area contributed by atoms with Crippen LogP contribution in [0.1, 0.15) is 37.0 Å². The number of halogens is 1. The molecule has 1 saturated heterocycles. The largest absolute Gasteiger partial charge is 0.507 e. The van der Waals surface area contributed by atoms with Gasteiger partial charge in [-0.1, -0.05) is 0 Å². The van der Waals surface area contributed by atoms with Gasteiger partial charge >= 0.3 is 0 Å². The Bertz CT molecular complexity index is 579. The lowest BCUT2D eigenvalue weighted by atomic mass is 9.94. The molecule has 0 radical (unpaired) electrons. The molecule has 23 heavy (non-hydrogen) atoms. The van der Waals surface area contributed by atoms with Crippen molar-refractivity contribution in [3.8, 4) is 5.75 Å². The highest BCUT2D eigenvalue weighted by molar-refractivity contribution is 14.1. The molecule has 0 atom stereocenters. The summed E-state index contributed by atoms with van der Waals surface area (Å²) in [6.45, 7) is 6.62. The minimum absolute atomic E-state index is 0.0177. The molecule has 0 bridgehead atoms. The molecule has 1 aromatic rings. The average molecular weight is 430 g/mol. The molecule has 1 aromatic carbocycles. The van der Waals surface area contributed by atoms with Crippen LogP contribution in [0.25, 0.3) is 0 Å². The summed E-state index contributed by atoms with van der Waals surface area (Å²) in [6, 6.07) is 4.98. The van der Waals surface area contributed by atoms with E-state index < -0.39 is 0 Å². The van der Waals surface area contributed by atoms with Crippen LogP contribution >= 0.6 is 22.6 Å². The van der Waals surface area contributed by atoms with Crippen molar-refractivity contribution in [1.82, 2.24) is 9.80 Å². The maximum absolute atomic E-state index is 12.5. The fourth-order valence-electron chi connectivity index (χ4n) is 2.95. The van der Waals surface area contributed by atoms with Gasteiger partial charge in [0.2, 0.25) is 5.91 Å². The number of phenols is 1. The first-order valence-electron chi connectivity index (χ1n) is 8.04. The normalized spacial score (nSPS) is 15.5. The topological polar surface area (TPSA) is 60.9 Å². The number of benzene rings is 1. The molecule has 0 saturated carbocycles. The Balaban J connectivity index is 1.97. The zero-order valence-electron chi connectivity index (χ0n) is 13.6. The van der Waals surface area contributed by atoms with Gasteiger partial charge in [0.05, 0.1) is 3.57 Å². The highest BCUT2D eigenvalue weighted by atomic mass is 127. The number of piperidine rings is 1. The fraction of sp³-hybridized carbons (Fsp3) is 0.529. The Hall–Kier alpha value is -1.31. The quantitative estimate of drug-likeness (QED) is 0.748. The van der Waals surface area contributed by atoms with E-state index in [4.69, 9.17) is 0 Å². The number of rotatable bonds is 4. The summed E-state index contributed by atoms with van der Waals surface area (Å²) in [7, 11) is 0. The van der Waals surface area contributed by atoms with Gasteiger partial charge < -0.3 is 14.9 Å². The summed E-state index contributed by atoms with van der Waals surface area (Å²) < 4.78 is 0.725. The van der Waals surface area contributed by atoms with Gasteiger partial charge in [-0.25, -0.2) is 0 Å². The maximum atomic E-state index is 12.5. The third-order valence-corrected chi connectivity index (χ3v) is 5.31. The standard InChI is InChI=1S/C17H23IN2O3/c1-3-19(4-2)16(22)12-7-9-20(10-8-12)17(23)13-5-6-14(18)15(21)11-13/h5-6,11-12,21H,3-4,7-10H2,1-2H3. The number of likely N-dealkylation sites (tertiary alicyclic amines) is 1. The molecule has 0 unspecified atom stereocenters. The molecule has 0 spiro atoms. The first kappa shape index (κ1) is 18.0. The second-order valence-corrected chi connectivity index (χ2v) is 6.91. The van der Waals surface area contributed by atoms with Crippen LogP contribution in [-0.4, -0.2) is 52.9 Å². The van der Waals surface area contributed by atoms with Gasteiger partial charge in [0, 0.05) is 37.7 Å². The van der Waals surface area contributed by atoms with Crippen molar-refractivity contribution in [2.24, 2.45) is 5.92 Å². The second-order valence-electron chi connectivity index (χ2n) is 5.74. The van der Waals surface area contributed by atoms with Crippen LogP contribution in [0.4, 0.5) is 0 Å². The van der Waals surface area contributed by atoms with Crippen LogP contribution in [0.3, 0.4) is 0 Å². The lowest BCUT2D eigenvalue weighted by molar-refractivity contribution is -0.136. The predicted molar refractivity (Wildman–Crippen MR) is 97.4 cm³/mol. The summed E-state index contributed by atoms with van der Waals surface area (Å²) in [6.07, 6.45) is 1.41. The third-order valence-electron chi connectivity index (χ3n) is 4.40. The Labute approximate surface area is 150 Å². The van der Waals surface area contributed by atoms with Crippen LogP contribution in [-0.2, 0) is 4.79 Å². The van der Waals surface area contributed by atoms with Crippen LogP contribution in [0.5, 0.6) is 5.75 Å². The van der Waals surface area contributed by atoms with Gasteiger partial charge in [-0.05, 0) is 67.5 Å². The van der Waals surface area contributed by atoms with Crippen molar-refractivity contribution in [3.63, 3.8) is 0 Å². The van der Waals surface area contributed by atoms with E-state index in [1.54, 1.807) is 17.0 Å². The van der Waals surface area contributed by atoms with Gasteiger partial charge in [-0.2, -0.15) is 0 Å². The summed E-state index contributed by atoms with van der Waals surface area (Å²) in [5.74, 6) is 0.270. The Morgan fingerprint density at radius 1 is 1.26 bits per heavy atom. The van der Waals surface area contributed by atoms with Crippen molar-refractivity contribution >= 4 is 34.4 Å². The first-order chi connectivity index (χ1) is 11.0. The van der Waals surface area contributed by atoms with Crippen LogP contribution in [0.15, 0.2) is 18.2 Å². The van der Waals surface area contributed by atoms with Gasteiger partial charge in [0.25, 0.3) is 5.91 Å². The van der Waals surface area contributed by atoms with Gasteiger partial charge in [0.15, 0.2) is 0 Å². The molecule has 1 aliphatic heterocycles. The molecule has 1 heterocycles. The molecule has 1 N–H and O–H groups in total. The predicted octanol–water partition coefficient (Wildman–Crippen LogP) is 2.72. The molecule has 0 aliphatic carbocycles. The number of nitrogens with zero attached hydrogens (tertiary/aromatic N) is 2. The monoisotopic (exact) mass is 430 g/mol. The van der Waals surface area contributed by atoms with E-state index in [0.717, 1.165) is 16.7 Å². The molecule has 6 heteroatoms. The van der Waals surface area contributed by atoms with Crippen LogP contribution in [0.2, 0.25) is 0 Å². The van der Waals surface area contributed by atoms with Crippen molar-refractivity contribution in [1.29, 1.82) is 0 Å². The minimum Gasteiger partial charge on any atom is -0.507 e. The molecule has 2 amide bonds. The molecular weight excluding hydrogens is 407 g/mol. The molecule has 0 aromatic heterocycles. The second kappa shape index (κ2) is 7.99. The van der Waals surface area contributed by atoms with E-state index in [0.29, 0.717) is 31.5 Å². The number of carbonyl (C=O) groups is 2. The number of hydrogen-bond acceptors (Lipinski definition) is 3. The maximum Gasteiger partial charge on any atom is 0.253 e. The lowest BCUT2D eigenvalue weighted by Crippen LogP contribution is -2.44. The number of aromatic hydroxyl groups is 1. The van der Waals surface area contributed by atoms with E-state index in [9.17, 15) is 14.7 Å². The number of phenolic OH excluding ortho intramolecular Hbond substituents is 1. The van der Waals surface area contributed by atoms with Crippen LogP contribution in [0, 0.1) is 9.49 Å². The zero-order valence-corrected chi connectivity index (χ0v) is 15.7. The summed E-state index contributed by atoms with van der Waals surface area (Å²) in [5, 5.41) is 9.75. The molecule has 2 rings (SSSR count). The van der Waals surface area contributed by atoms with E-state index >= 15 is 0 Å². The lowest BCUT2D eigenvalue weighted by Gasteiger charge is -2.33. The van der Waals surface area contributed by atoms with Gasteiger partial charge in [-0.3, -0.25) is 9.59 Å². The number of hydrogen-bond donors (Lipinski definition) is 1. The highest BCUT2D eigenvalue weighted by Crippen LogP contribution is 2.24. The Morgan fingerprint density at radius 3 is 2.39 bits per heavy atom.